The molecule has 1 N–H and O–H groups in total. The lowest BCUT2D eigenvalue weighted by atomic mass is 10.1. The summed E-state index contributed by atoms with van der Waals surface area (Å²) >= 11 is 1.42. The maximum atomic E-state index is 12.3. The van der Waals surface area contributed by atoms with E-state index in [2.05, 4.69) is 10.3 Å². The van der Waals surface area contributed by atoms with Crippen LogP contribution in [0.4, 0.5) is 4.79 Å². The predicted octanol–water partition coefficient (Wildman–Crippen LogP) is 5.24. The summed E-state index contributed by atoms with van der Waals surface area (Å²) in [5, 5.41) is 2.74. The van der Waals surface area contributed by atoms with Crippen molar-refractivity contribution in [2.45, 2.75) is 34.2 Å². The lowest BCUT2D eigenvalue weighted by Crippen LogP contribution is -2.27. The molecule has 0 unspecified atom stereocenters. The fourth-order valence-electron chi connectivity index (χ4n) is 3.18. The number of hydrogen-bond donors (Lipinski definition) is 1. The van der Waals surface area contributed by atoms with Crippen molar-refractivity contribution in [1.82, 2.24) is 10.3 Å². The molecular weight excluding hydrogens is 400 g/mol. The second-order valence-corrected chi connectivity index (χ2v) is 8.13. The number of thiophene rings is 1. The molecule has 0 aliphatic rings. The van der Waals surface area contributed by atoms with Gasteiger partial charge in [-0.3, -0.25) is 9.78 Å². The summed E-state index contributed by atoms with van der Waals surface area (Å²) in [6.07, 6.45) is 1.15. The molecule has 0 aliphatic heterocycles. The molecule has 30 heavy (non-hydrogen) atoms. The number of rotatable bonds is 6. The number of carbonyl (C=O) groups is 2. The van der Waals surface area contributed by atoms with Crippen molar-refractivity contribution in [3.8, 4) is 21.9 Å². The summed E-state index contributed by atoms with van der Waals surface area (Å²) in [7, 11) is 1.61. The van der Waals surface area contributed by atoms with Gasteiger partial charge in [0.15, 0.2) is 5.78 Å². The van der Waals surface area contributed by atoms with E-state index in [0.717, 1.165) is 38.6 Å². The number of nitrogens with zero attached hydrogens (tertiary/aromatic N) is 1. The molecule has 1 aromatic carbocycles. The minimum absolute atomic E-state index is 0.0337. The van der Waals surface area contributed by atoms with E-state index in [-0.39, 0.29) is 12.3 Å². The van der Waals surface area contributed by atoms with Gasteiger partial charge in [0, 0.05) is 22.2 Å². The number of ketones is 1. The zero-order valence-electron chi connectivity index (χ0n) is 17.7. The van der Waals surface area contributed by atoms with Crippen molar-refractivity contribution in [2.75, 3.05) is 7.11 Å². The van der Waals surface area contributed by atoms with Crippen molar-refractivity contribution < 1.29 is 19.1 Å². The average Bonchev–Trinajstić information content (AvgIpc) is 3.18. The Labute approximate surface area is 179 Å². The van der Waals surface area contributed by atoms with Crippen LogP contribution >= 0.6 is 11.3 Å². The summed E-state index contributed by atoms with van der Waals surface area (Å²) in [4.78, 5) is 29.9. The summed E-state index contributed by atoms with van der Waals surface area (Å²) in [6, 6.07) is 9.29. The van der Waals surface area contributed by atoms with Gasteiger partial charge in [-0.15, -0.1) is 11.3 Å². The minimum Gasteiger partial charge on any atom is -0.496 e. The van der Waals surface area contributed by atoms with Gasteiger partial charge in [0.1, 0.15) is 11.5 Å². The molecule has 0 spiro atoms. The van der Waals surface area contributed by atoms with E-state index in [9.17, 15) is 9.59 Å². The van der Waals surface area contributed by atoms with Crippen LogP contribution < -0.4 is 14.8 Å². The van der Waals surface area contributed by atoms with E-state index in [1.807, 2.05) is 39.0 Å². The Hall–Kier alpha value is -3.19. The van der Waals surface area contributed by atoms with E-state index >= 15 is 0 Å². The van der Waals surface area contributed by atoms with Gasteiger partial charge in [0.05, 0.1) is 24.2 Å². The van der Waals surface area contributed by atoms with E-state index in [1.165, 1.54) is 11.3 Å². The quantitative estimate of drug-likeness (QED) is 0.548. The highest BCUT2D eigenvalue weighted by molar-refractivity contribution is 7.17. The van der Waals surface area contributed by atoms with Crippen LogP contribution in [0.5, 0.6) is 11.5 Å². The zero-order chi connectivity index (χ0) is 21.8. The number of aromatic nitrogens is 1. The third-order valence-electron chi connectivity index (χ3n) is 4.65. The molecule has 2 heterocycles. The molecule has 3 rings (SSSR count). The van der Waals surface area contributed by atoms with Crippen LogP contribution in [-0.4, -0.2) is 24.0 Å². The van der Waals surface area contributed by atoms with Crippen molar-refractivity contribution >= 4 is 23.2 Å². The van der Waals surface area contributed by atoms with Crippen molar-refractivity contribution in [3.05, 3.63) is 63.8 Å². The molecule has 0 fully saturated rings. The maximum Gasteiger partial charge on any atom is 0.412 e. The van der Waals surface area contributed by atoms with Crippen LogP contribution in [-0.2, 0) is 6.54 Å². The predicted molar refractivity (Wildman–Crippen MR) is 118 cm³/mol. The number of benzene rings is 1. The molecule has 156 valence electrons. The monoisotopic (exact) mass is 424 g/mol. The normalized spacial score (nSPS) is 10.6. The molecule has 7 heteroatoms. The third-order valence-corrected chi connectivity index (χ3v) is 5.88. The van der Waals surface area contributed by atoms with Crippen LogP contribution in [0.25, 0.3) is 10.4 Å². The minimum atomic E-state index is -0.567. The van der Waals surface area contributed by atoms with Gasteiger partial charge in [0.25, 0.3) is 0 Å². The van der Waals surface area contributed by atoms with Crippen molar-refractivity contribution in [1.29, 1.82) is 0 Å². The molecule has 0 saturated carbocycles. The molecule has 2 aromatic heterocycles. The standard InChI is InChI=1S/C23H24N2O4S/c1-13-8-17(21-7-6-20(30-21)16(4)26)10-18(9-13)29-23(27)25-12-19-15(3)22(28-5)14(2)11-24-19/h6-11H,12H2,1-5H3,(H,25,27). The van der Waals surface area contributed by atoms with Crippen LogP contribution in [0.1, 0.15) is 39.0 Å². The fourth-order valence-corrected chi connectivity index (χ4v) is 4.07. The summed E-state index contributed by atoms with van der Waals surface area (Å²) in [5.74, 6) is 1.23. The Morgan fingerprint density at radius 2 is 1.90 bits per heavy atom. The average molecular weight is 425 g/mol. The summed E-state index contributed by atoms with van der Waals surface area (Å²) in [6.45, 7) is 7.54. The molecule has 0 aliphatic carbocycles. The highest BCUT2D eigenvalue weighted by Gasteiger charge is 2.13. The molecule has 6 nitrogen and oxygen atoms in total. The molecule has 0 atom stereocenters. The number of pyridine rings is 1. The second kappa shape index (κ2) is 9.09. The Morgan fingerprint density at radius 1 is 1.13 bits per heavy atom. The zero-order valence-corrected chi connectivity index (χ0v) is 18.5. The Morgan fingerprint density at radius 3 is 2.57 bits per heavy atom. The lowest BCUT2D eigenvalue weighted by molar-refractivity contribution is 0.102. The van der Waals surface area contributed by atoms with Crippen molar-refractivity contribution in [2.24, 2.45) is 0 Å². The van der Waals surface area contributed by atoms with Gasteiger partial charge in [-0.25, -0.2) is 4.79 Å². The number of amides is 1. The highest BCUT2D eigenvalue weighted by Crippen LogP contribution is 2.32. The molecular formula is C23H24N2O4S. The Kier molecular flexibility index (Phi) is 6.52. The number of Topliss-reactive ketones (excluding diaryl/α,β-unsaturated/α-hetero) is 1. The first-order valence-electron chi connectivity index (χ1n) is 9.46. The molecule has 0 radical (unpaired) electrons. The van der Waals surface area contributed by atoms with Gasteiger partial charge < -0.3 is 14.8 Å². The van der Waals surface area contributed by atoms with Gasteiger partial charge in [0.2, 0.25) is 0 Å². The van der Waals surface area contributed by atoms with Crippen LogP contribution in [0.2, 0.25) is 0 Å². The molecule has 0 saturated heterocycles. The number of methoxy groups -OCH3 is 1. The molecule has 1 amide bonds. The third kappa shape index (κ3) is 4.86. The first kappa shape index (κ1) is 21.5. The lowest BCUT2D eigenvalue weighted by Gasteiger charge is -2.13. The number of hydrogen-bond acceptors (Lipinski definition) is 6. The van der Waals surface area contributed by atoms with E-state index in [4.69, 9.17) is 9.47 Å². The number of carbonyl (C=O) groups excluding carboxylic acids is 2. The fraction of sp³-hybridized carbons (Fsp3) is 0.261. The van der Waals surface area contributed by atoms with E-state index < -0.39 is 6.09 Å². The van der Waals surface area contributed by atoms with Gasteiger partial charge in [-0.1, -0.05) is 6.07 Å². The SMILES string of the molecule is COc1c(C)cnc(CNC(=O)Oc2cc(C)cc(-c3ccc(C(C)=O)s3)c2)c1C. The van der Waals surface area contributed by atoms with Crippen molar-refractivity contribution in [3.63, 3.8) is 0 Å². The van der Waals surface area contributed by atoms with E-state index in [0.29, 0.717) is 10.6 Å². The van der Waals surface area contributed by atoms with Gasteiger partial charge in [-0.2, -0.15) is 0 Å². The van der Waals surface area contributed by atoms with Gasteiger partial charge >= 0.3 is 6.09 Å². The first-order valence-corrected chi connectivity index (χ1v) is 10.3. The summed E-state index contributed by atoms with van der Waals surface area (Å²) < 4.78 is 10.9. The number of nitrogens with one attached hydrogen (secondary N) is 1. The summed E-state index contributed by atoms with van der Waals surface area (Å²) in [5.41, 5.74) is 4.39. The van der Waals surface area contributed by atoms with E-state index in [1.54, 1.807) is 32.4 Å². The second-order valence-electron chi connectivity index (χ2n) is 7.04. The number of ether oxygens (including phenoxy) is 2. The Bertz CT molecular complexity index is 1100. The van der Waals surface area contributed by atoms with Gasteiger partial charge in [-0.05, 0) is 63.1 Å². The highest BCUT2D eigenvalue weighted by atomic mass is 32.1. The maximum absolute atomic E-state index is 12.3. The molecule has 3 aromatic rings. The van der Waals surface area contributed by atoms with Crippen LogP contribution in [0, 0.1) is 20.8 Å². The smallest absolute Gasteiger partial charge is 0.412 e. The topological polar surface area (TPSA) is 77.5 Å². The van der Waals surface area contributed by atoms with Crippen LogP contribution in [0.15, 0.2) is 36.5 Å². The number of aryl methyl sites for hydroxylation is 2. The Balaban J connectivity index is 1.71. The largest absolute Gasteiger partial charge is 0.496 e. The first-order chi connectivity index (χ1) is 14.3. The molecule has 0 bridgehead atoms. The van der Waals surface area contributed by atoms with Crippen LogP contribution in [0.3, 0.4) is 0 Å².